The number of carbonyl (C=O) groups excluding carboxylic acids is 3. The van der Waals surface area contributed by atoms with E-state index in [-0.39, 0.29) is 30.2 Å². The molecule has 44 heavy (non-hydrogen) atoms. The van der Waals surface area contributed by atoms with Crippen LogP contribution in [-0.4, -0.2) is 87.8 Å². The molecular weight excluding hydrogens is 592 g/mol. The Balaban J connectivity index is 1.68. The van der Waals surface area contributed by atoms with Crippen molar-refractivity contribution in [2.45, 2.75) is 102 Å². The van der Waals surface area contributed by atoms with Gasteiger partial charge in [-0.25, -0.2) is 4.79 Å². The van der Waals surface area contributed by atoms with Gasteiger partial charge in [-0.1, -0.05) is 39.0 Å². The minimum absolute atomic E-state index is 0.0558. The molecule has 2 saturated carbocycles. The van der Waals surface area contributed by atoms with Crippen molar-refractivity contribution in [2.75, 3.05) is 6.61 Å². The predicted molar refractivity (Wildman–Crippen MR) is 156 cm³/mol. The van der Waals surface area contributed by atoms with E-state index in [1.807, 2.05) is 6.92 Å². The van der Waals surface area contributed by atoms with Crippen molar-refractivity contribution in [3.8, 4) is 0 Å². The highest BCUT2D eigenvalue weighted by Crippen LogP contribution is 2.66. The highest BCUT2D eigenvalue weighted by atomic mass is 32.1. The number of esters is 3. The Morgan fingerprint density at radius 2 is 1.68 bits per heavy atom. The second-order valence-electron chi connectivity index (χ2n) is 13.4. The first-order valence-electron chi connectivity index (χ1n) is 14.8. The number of hydrogen-bond donors (Lipinski definition) is 2. The Morgan fingerprint density at radius 1 is 1.00 bits per heavy atom. The monoisotopic (exact) mass is 630 g/mol. The fourth-order valence-electron chi connectivity index (χ4n) is 8.71. The molecule has 2 bridgehead atoms. The van der Waals surface area contributed by atoms with Gasteiger partial charge >= 0.3 is 23.1 Å². The van der Waals surface area contributed by atoms with Crippen molar-refractivity contribution in [3.05, 3.63) is 47.0 Å². The first-order valence-corrected chi connectivity index (χ1v) is 15.2. The van der Waals surface area contributed by atoms with Crippen LogP contribution in [-0.2, 0) is 38.0 Å². The van der Waals surface area contributed by atoms with Gasteiger partial charge in [-0.05, 0) is 30.2 Å². The van der Waals surface area contributed by atoms with Crippen molar-refractivity contribution < 1.29 is 53.0 Å². The van der Waals surface area contributed by atoms with E-state index in [0.29, 0.717) is 11.1 Å². The first kappa shape index (κ1) is 30.9. The summed E-state index contributed by atoms with van der Waals surface area (Å²) in [5.41, 5.74) is -4.74. The van der Waals surface area contributed by atoms with Crippen molar-refractivity contribution in [2.24, 2.45) is 16.7 Å². The molecule has 10 atom stereocenters. The fraction of sp³-hybridized carbons (Fsp3) is 0.625. The molecule has 2 saturated heterocycles. The van der Waals surface area contributed by atoms with Crippen LogP contribution >= 0.6 is 12.2 Å². The lowest BCUT2D eigenvalue weighted by Crippen LogP contribution is -2.83. The lowest BCUT2D eigenvalue weighted by atomic mass is 9.44. The second kappa shape index (κ2) is 10.2. The molecule has 1 aromatic carbocycles. The maximum atomic E-state index is 13.9. The topological polar surface area (TPSA) is 147 Å². The van der Waals surface area contributed by atoms with Crippen LogP contribution in [0, 0.1) is 16.7 Å². The fourth-order valence-corrected chi connectivity index (χ4v) is 8.93. The number of ether oxygens (including phenoxy) is 6. The summed E-state index contributed by atoms with van der Waals surface area (Å²) in [6, 6.07) is 8.34. The molecule has 0 aromatic heterocycles. The van der Waals surface area contributed by atoms with Gasteiger partial charge in [0.05, 0.1) is 29.6 Å². The normalized spacial score (nSPS) is 41.6. The largest absolute Gasteiger partial charge is 0.455 e. The Hall–Kier alpha value is -3.06. The van der Waals surface area contributed by atoms with Gasteiger partial charge < -0.3 is 38.6 Å². The average Bonchev–Trinajstić information content (AvgIpc) is 2.93. The standard InChI is InChI=1S/C32H38O11S/c1-15-19(35)13-32(37)26(41-27(36)18-10-8-7-9-11-18)24-30(6)20(12-21-31(24,14-38-21)43-17(3)34)40-28(44)42-25(30)23(39-16(2)33)22(15)29(32,4)5/h7-11,19-21,23-26,35,37H,12-14H2,1-6H3/t19-,20-,21+,23+,24-,25-,26-,30+,31-,32+/m0/s1. The number of thiocarbonyl (C=S) groups is 1. The molecule has 12 heteroatoms. The molecular formula is C32H38O11S. The van der Waals surface area contributed by atoms with Crippen LogP contribution in [0.1, 0.15) is 64.7 Å². The van der Waals surface area contributed by atoms with Crippen LogP contribution in [0.4, 0.5) is 0 Å². The van der Waals surface area contributed by atoms with Crippen LogP contribution in [0.5, 0.6) is 0 Å². The molecule has 6 rings (SSSR count). The Labute approximate surface area is 260 Å². The zero-order valence-electron chi connectivity index (χ0n) is 25.5. The molecule has 3 aliphatic carbocycles. The molecule has 0 spiro atoms. The number of carbonyl (C=O) groups is 3. The second-order valence-corrected chi connectivity index (χ2v) is 13.7. The number of benzene rings is 1. The molecule has 11 nitrogen and oxygen atoms in total. The highest BCUT2D eigenvalue weighted by molar-refractivity contribution is 7.79. The van der Waals surface area contributed by atoms with Gasteiger partial charge in [0.1, 0.15) is 23.9 Å². The third kappa shape index (κ3) is 4.17. The van der Waals surface area contributed by atoms with E-state index in [1.54, 1.807) is 51.1 Å². The SMILES string of the molecule is CC(=O)O[C@@H]1C2=C(C)[C@@H](O)C[C@@](O)([C@@H](OC(=O)c3ccccc3)[C@@H]3[C@]4(OC(C)=O)CO[C@@H]4C[C@@H]4OC(=S)O[C@@H]1[C@]43C)C2(C)C. The number of aliphatic hydroxyl groups excluding tert-OH is 1. The third-order valence-corrected chi connectivity index (χ3v) is 11.0. The zero-order valence-corrected chi connectivity index (χ0v) is 26.3. The summed E-state index contributed by atoms with van der Waals surface area (Å²) in [5, 5.41) is 24.4. The number of hydrogen-bond acceptors (Lipinski definition) is 12. The number of fused-ring (bicyclic) bond motifs is 4. The molecule has 238 valence electrons. The third-order valence-electron chi connectivity index (χ3n) is 10.8. The molecule has 5 aliphatic rings. The van der Waals surface area contributed by atoms with Crippen molar-refractivity contribution in [1.29, 1.82) is 0 Å². The van der Waals surface area contributed by atoms with E-state index in [1.165, 1.54) is 13.8 Å². The van der Waals surface area contributed by atoms with Gasteiger partial charge in [-0.3, -0.25) is 9.59 Å². The zero-order chi connectivity index (χ0) is 32.0. The molecule has 0 unspecified atom stereocenters. The molecule has 0 amide bonds. The van der Waals surface area contributed by atoms with Crippen molar-refractivity contribution >= 4 is 35.4 Å². The maximum absolute atomic E-state index is 13.9. The lowest BCUT2D eigenvalue weighted by molar-refractivity contribution is -0.370. The maximum Gasteiger partial charge on any atom is 0.353 e. The molecule has 2 heterocycles. The van der Waals surface area contributed by atoms with Crippen LogP contribution in [0.25, 0.3) is 0 Å². The minimum atomic E-state index is -1.98. The van der Waals surface area contributed by atoms with Crippen molar-refractivity contribution in [3.63, 3.8) is 0 Å². The van der Waals surface area contributed by atoms with Crippen LogP contribution in [0.15, 0.2) is 41.5 Å². The summed E-state index contributed by atoms with van der Waals surface area (Å²) in [7, 11) is 0. The van der Waals surface area contributed by atoms with E-state index in [4.69, 9.17) is 40.6 Å². The predicted octanol–water partition coefficient (Wildman–Crippen LogP) is 2.79. The number of rotatable bonds is 4. The summed E-state index contributed by atoms with van der Waals surface area (Å²) in [6.45, 7) is 9.55. The van der Waals surface area contributed by atoms with Gasteiger partial charge in [-0.2, -0.15) is 0 Å². The van der Waals surface area contributed by atoms with E-state index < -0.39 is 82.5 Å². The summed E-state index contributed by atoms with van der Waals surface area (Å²) in [6.07, 6.45) is -6.22. The van der Waals surface area contributed by atoms with Gasteiger partial charge in [-0.15, -0.1) is 0 Å². The summed E-state index contributed by atoms with van der Waals surface area (Å²) in [5.74, 6) is -2.96. The summed E-state index contributed by atoms with van der Waals surface area (Å²) >= 11 is 5.45. The van der Waals surface area contributed by atoms with Crippen LogP contribution in [0.2, 0.25) is 0 Å². The first-order chi connectivity index (χ1) is 20.6. The van der Waals surface area contributed by atoms with Gasteiger partial charge in [0, 0.05) is 44.3 Å². The summed E-state index contributed by atoms with van der Waals surface area (Å²) < 4.78 is 37.0. The van der Waals surface area contributed by atoms with Crippen molar-refractivity contribution in [1.82, 2.24) is 0 Å². The summed E-state index contributed by atoms with van der Waals surface area (Å²) in [4.78, 5) is 39.4. The Bertz CT molecular complexity index is 1440. The van der Waals surface area contributed by atoms with E-state index >= 15 is 0 Å². The van der Waals surface area contributed by atoms with Crippen LogP contribution < -0.4 is 0 Å². The Morgan fingerprint density at radius 3 is 2.27 bits per heavy atom. The van der Waals surface area contributed by atoms with Crippen LogP contribution in [0.3, 0.4) is 0 Å². The molecule has 4 fully saturated rings. The highest BCUT2D eigenvalue weighted by Gasteiger charge is 2.80. The smallest absolute Gasteiger partial charge is 0.353 e. The molecule has 2 N–H and O–H groups in total. The minimum Gasteiger partial charge on any atom is -0.455 e. The molecule has 1 aromatic rings. The average molecular weight is 631 g/mol. The van der Waals surface area contributed by atoms with E-state index in [0.717, 1.165) is 0 Å². The van der Waals surface area contributed by atoms with E-state index in [9.17, 15) is 24.6 Å². The Kier molecular flexibility index (Phi) is 7.19. The van der Waals surface area contributed by atoms with E-state index in [2.05, 4.69) is 0 Å². The number of aliphatic hydroxyl groups is 2. The lowest BCUT2D eigenvalue weighted by Gasteiger charge is -2.70. The van der Waals surface area contributed by atoms with Gasteiger partial charge in [0.2, 0.25) is 0 Å². The molecule has 0 radical (unpaired) electrons. The molecule has 2 aliphatic heterocycles. The van der Waals surface area contributed by atoms with Gasteiger partial charge in [0.15, 0.2) is 17.8 Å². The quantitative estimate of drug-likeness (QED) is 0.218. The van der Waals surface area contributed by atoms with Gasteiger partial charge in [0.25, 0.3) is 0 Å².